The number of thiazole rings is 1. The van der Waals surface area contributed by atoms with Crippen LogP contribution >= 0.6 is 11.3 Å². The molecule has 2 heterocycles. The number of benzene rings is 1. The number of allylic oxidation sites excluding steroid dienone is 2. The van der Waals surface area contributed by atoms with E-state index in [1.807, 2.05) is 11.6 Å². The Morgan fingerprint density at radius 3 is 2.86 bits per heavy atom. The SMILES string of the molecule is CC[C@]1(c2ccccc2)C2=C(CCCC2=O)Nc2ncsc21. The van der Waals surface area contributed by atoms with E-state index in [-0.39, 0.29) is 5.41 Å². The number of Topliss-reactive ketones (excluding diaryl/α,β-unsaturated/α-hetero) is 1. The van der Waals surface area contributed by atoms with Gasteiger partial charge in [-0.2, -0.15) is 0 Å². The number of nitrogens with one attached hydrogen (secondary N) is 1. The Bertz CT molecular complexity index is 762. The lowest BCUT2D eigenvalue weighted by molar-refractivity contribution is -0.116. The molecule has 3 nitrogen and oxygen atoms in total. The summed E-state index contributed by atoms with van der Waals surface area (Å²) in [6.07, 6.45) is 3.40. The fourth-order valence-corrected chi connectivity index (χ4v) is 4.94. The monoisotopic (exact) mass is 310 g/mol. The average Bonchev–Trinajstić information content (AvgIpc) is 3.02. The van der Waals surface area contributed by atoms with Crippen LogP contribution in [0.2, 0.25) is 0 Å². The van der Waals surface area contributed by atoms with Crippen LogP contribution in [0.25, 0.3) is 0 Å². The summed E-state index contributed by atoms with van der Waals surface area (Å²) in [6.45, 7) is 2.17. The number of carbonyl (C=O) groups is 1. The second kappa shape index (κ2) is 5.06. The molecule has 0 bridgehead atoms. The molecule has 4 rings (SSSR count). The number of nitrogens with zero attached hydrogens (tertiary/aromatic N) is 1. The maximum Gasteiger partial charge on any atom is 0.161 e. The highest BCUT2D eigenvalue weighted by atomic mass is 32.1. The molecule has 2 aliphatic rings. The van der Waals surface area contributed by atoms with E-state index >= 15 is 0 Å². The minimum atomic E-state index is -0.337. The molecule has 0 amide bonds. The number of aromatic nitrogens is 1. The van der Waals surface area contributed by atoms with Crippen molar-refractivity contribution in [3.63, 3.8) is 0 Å². The predicted octanol–water partition coefficient (Wildman–Crippen LogP) is 4.27. The Labute approximate surface area is 134 Å². The first-order chi connectivity index (χ1) is 10.8. The van der Waals surface area contributed by atoms with E-state index in [1.54, 1.807) is 11.3 Å². The van der Waals surface area contributed by atoms with Gasteiger partial charge in [-0.15, -0.1) is 11.3 Å². The molecular weight excluding hydrogens is 292 g/mol. The minimum absolute atomic E-state index is 0.290. The van der Waals surface area contributed by atoms with E-state index in [0.717, 1.165) is 36.4 Å². The van der Waals surface area contributed by atoms with Gasteiger partial charge in [-0.25, -0.2) is 4.98 Å². The van der Waals surface area contributed by atoms with Gasteiger partial charge in [0.15, 0.2) is 5.78 Å². The van der Waals surface area contributed by atoms with Crippen molar-refractivity contribution >= 4 is 22.9 Å². The Kier molecular flexibility index (Phi) is 3.15. The molecule has 1 atom stereocenters. The summed E-state index contributed by atoms with van der Waals surface area (Å²) in [5.41, 5.74) is 4.81. The lowest BCUT2D eigenvalue weighted by Crippen LogP contribution is -2.39. The highest BCUT2D eigenvalue weighted by Gasteiger charge is 2.47. The maximum atomic E-state index is 12.8. The molecule has 1 aliphatic carbocycles. The van der Waals surface area contributed by atoms with Crippen LogP contribution in [0.5, 0.6) is 0 Å². The van der Waals surface area contributed by atoms with Gasteiger partial charge >= 0.3 is 0 Å². The molecule has 0 fully saturated rings. The zero-order valence-electron chi connectivity index (χ0n) is 12.6. The van der Waals surface area contributed by atoms with E-state index < -0.39 is 0 Å². The Morgan fingerprint density at radius 2 is 2.09 bits per heavy atom. The largest absolute Gasteiger partial charge is 0.342 e. The van der Waals surface area contributed by atoms with Gasteiger partial charge in [0.05, 0.1) is 15.8 Å². The molecule has 0 saturated carbocycles. The molecular formula is C18H18N2OS. The second-order valence-corrected chi connectivity index (χ2v) is 6.77. The zero-order chi connectivity index (χ0) is 15.2. The van der Waals surface area contributed by atoms with E-state index in [0.29, 0.717) is 12.2 Å². The molecule has 1 aromatic carbocycles. The fraction of sp³-hybridized carbons (Fsp3) is 0.333. The third kappa shape index (κ3) is 1.73. The summed E-state index contributed by atoms with van der Waals surface area (Å²) in [4.78, 5) is 18.5. The number of hydrogen-bond donors (Lipinski definition) is 1. The van der Waals surface area contributed by atoms with Gasteiger partial charge in [0.1, 0.15) is 5.82 Å². The van der Waals surface area contributed by atoms with Crippen molar-refractivity contribution < 1.29 is 4.79 Å². The number of anilines is 1. The van der Waals surface area contributed by atoms with Gasteiger partial charge in [0, 0.05) is 17.7 Å². The molecule has 0 unspecified atom stereocenters. The van der Waals surface area contributed by atoms with Gasteiger partial charge in [-0.3, -0.25) is 4.79 Å². The van der Waals surface area contributed by atoms with Gasteiger partial charge in [-0.1, -0.05) is 37.3 Å². The van der Waals surface area contributed by atoms with Crippen LogP contribution in [-0.4, -0.2) is 10.8 Å². The molecule has 22 heavy (non-hydrogen) atoms. The molecule has 0 radical (unpaired) electrons. The Hall–Kier alpha value is -1.94. The van der Waals surface area contributed by atoms with Gasteiger partial charge < -0.3 is 5.32 Å². The van der Waals surface area contributed by atoms with Crippen LogP contribution in [-0.2, 0) is 10.2 Å². The van der Waals surface area contributed by atoms with Crippen molar-refractivity contribution in [3.05, 3.63) is 57.6 Å². The van der Waals surface area contributed by atoms with Crippen molar-refractivity contribution in [1.29, 1.82) is 0 Å². The highest BCUT2D eigenvalue weighted by molar-refractivity contribution is 7.10. The second-order valence-electron chi connectivity index (χ2n) is 5.91. The van der Waals surface area contributed by atoms with Crippen LogP contribution in [0.1, 0.15) is 43.0 Å². The number of carbonyl (C=O) groups excluding carboxylic acids is 1. The Balaban J connectivity index is 2.05. The first-order valence-corrected chi connectivity index (χ1v) is 8.68. The predicted molar refractivity (Wildman–Crippen MR) is 89.1 cm³/mol. The van der Waals surface area contributed by atoms with Crippen LogP contribution < -0.4 is 5.32 Å². The van der Waals surface area contributed by atoms with E-state index in [9.17, 15) is 4.79 Å². The summed E-state index contributed by atoms with van der Waals surface area (Å²) < 4.78 is 0. The van der Waals surface area contributed by atoms with Crippen molar-refractivity contribution in [1.82, 2.24) is 4.98 Å². The molecule has 4 heteroatoms. The quantitative estimate of drug-likeness (QED) is 0.900. The zero-order valence-corrected chi connectivity index (χ0v) is 13.4. The summed E-state index contributed by atoms with van der Waals surface area (Å²) >= 11 is 1.65. The molecule has 1 aliphatic heterocycles. The van der Waals surface area contributed by atoms with Crippen molar-refractivity contribution in [2.45, 2.75) is 38.0 Å². The Morgan fingerprint density at radius 1 is 1.27 bits per heavy atom. The topological polar surface area (TPSA) is 42.0 Å². The van der Waals surface area contributed by atoms with Gasteiger partial charge in [0.2, 0.25) is 0 Å². The van der Waals surface area contributed by atoms with Crippen molar-refractivity contribution in [3.8, 4) is 0 Å². The first kappa shape index (κ1) is 13.7. The van der Waals surface area contributed by atoms with Gasteiger partial charge in [-0.05, 0) is 24.8 Å². The third-order valence-electron chi connectivity index (χ3n) is 4.86. The van der Waals surface area contributed by atoms with Crippen LogP contribution in [0, 0.1) is 0 Å². The van der Waals surface area contributed by atoms with E-state index in [2.05, 4.69) is 41.5 Å². The first-order valence-electron chi connectivity index (χ1n) is 7.80. The molecule has 112 valence electrons. The average molecular weight is 310 g/mol. The summed E-state index contributed by atoms with van der Waals surface area (Å²) in [5.74, 6) is 1.22. The smallest absolute Gasteiger partial charge is 0.161 e. The van der Waals surface area contributed by atoms with Crippen LogP contribution in [0.4, 0.5) is 5.82 Å². The van der Waals surface area contributed by atoms with Crippen LogP contribution in [0.15, 0.2) is 47.1 Å². The molecule has 0 saturated heterocycles. The minimum Gasteiger partial charge on any atom is -0.342 e. The lowest BCUT2D eigenvalue weighted by atomic mass is 9.65. The number of fused-ring (bicyclic) bond motifs is 1. The number of hydrogen-bond acceptors (Lipinski definition) is 4. The number of rotatable bonds is 2. The van der Waals surface area contributed by atoms with E-state index in [4.69, 9.17) is 0 Å². The van der Waals surface area contributed by atoms with Crippen LogP contribution in [0.3, 0.4) is 0 Å². The molecule has 1 N–H and O–H groups in total. The van der Waals surface area contributed by atoms with Crippen molar-refractivity contribution in [2.75, 3.05) is 5.32 Å². The standard InChI is InChI=1S/C18H18N2OS/c1-2-18(12-7-4-3-5-8-12)15-13(9-6-10-14(15)21)20-17-16(18)22-11-19-17/h3-5,7-8,11,20H,2,6,9-10H2,1H3/t18-/m0/s1. The summed E-state index contributed by atoms with van der Waals surface area (Å²) in [6, 6.07) is 10.4. The molecule has 1 aromatic heterocycles. The van der Waals surface area contributed by atoms with Crippen molar-refractivity contribution in [2.24, 2.45) is 0 Å². The normalized spacial score (nSPS) is 23.8. The maximum absolute atomic E-state index is 12.8. The highest BCUT2D eigenvalue weighted by Crippen LogP contribution is 2.52. The summed E-state index contributed by atoms with van der Waals surface area (Å²) in [5, 5.41) is 3.43. The third-order valence-corrected chi connectivity index (χ3v) is 5.85. The fourth-order valence-electron chi connectivity index (χ4n) is 3.90. The number of ketones is 1. The van der Waals surface area contributed by atoms with E-state index in [1.165, 1.54) is 10.4 Å². The molecule has 0 spiro atoms. The molecule has 2 aromatic rings. The lowest BCUT2D eigenvalue weighted by Gasteiger charge is -2.41. The van der Waals surface area contributed by atoms with Gasteiger partial charge in [0.25, 0.3) is 0 Å². The summed E-state index contributed by atoms with van der Waals surface area (Å²) in [7, 11) is 0.